The second-order valence-corrected chi connectivity index (χ2v) is 5.72. The molecule has 4 heteroatoms. The summed E-state index contributed by atoms with van der Waals surface area (Å²) < 4.78 is 0.984. The van der Waals surface area contributed by atoms with Crippen molar-refractivity contribution in [1.82, 2.24) is 5.32 Å². The predicted molar refractivity (Wildman–Crippen MR) is 85.7 cm³/mol. The number of hydrogen-bond acceptors (Lipinski definition) is 1. The fraction of sp³-hybridized carbons (Fsp3) is 0.188. The topological polar surface area (TPSA) is 29.1 Å². The van der Waals surface area contributed by atoms with Crippen molar-refractivity contribution in [2.24, 2.45) is 0 Å². The molecule has 0 spiro atoms. The zero-order valence-corrected chi connectivity index (χ0v) is 13.2. The van der Waals surface area contributed by atoms with Gasteiger partial charge in [0.1, 0.15) is 0 Å². The van der Waals surface area contributed by atoms with E-state index in [1.54, 1.807) is 0 Å². The molecule has 2 aromatic carbocycles. The SMILES string of the molecule is O=C(Cc1cccc(Br)c1)NCc1cccc(CCl)c1. The number of amides is 1. The van der Waals surface area contributed by atoms with Crippen LogP contribution in [0.25, 0.3) is 0 Å². The summed E-state index contributed by atoms with van der Waals surface area (Å²) in [4.78, 5) is 11.9. The first-order valence-electron chi connectivity index (χ1n) is 6.32. The van der Waals surface area contributed by atoms with Crippen molar-refractivity contribution >= 4 is 33.4 Å². The number of carbonyl (C=O) groups excluding carboxylic acids is 1. The normalized spacial score (nSPS) is 10.3. The molecule has 0 fully saturated rings. The summed E-state index contributed by atoms with van der Waals surface area (Å²) in [6, 6.07) is 15.7. The van der Waals surface area contributed by atoms with Gasteiger partial charge in [0, 0.05) is 16.9 Å². The molecule has 0 aliphatic rings. The van der Waals surface area contributed by atoms with Crippen LogP contribution in [0.4, 0.5) is 0 Å². The maximum Gasteiger partial charge on any atom is 0.224 e. The molecule has 0 saturated carbocycles. The average molecular weight is 353 g/mol. The van der Waals surface area contributed by atoms with Crippen LogP contribution in [0.1, 0.15) is 16.7 Å². The van der Waals surface area contributed by atoms with Crippen molar-refractivity contribution in [2.75, 3.05) is 0 Å². The Bertz CT molecular complexity index is 601. The van der Waals surface area contributed by atoms with Gasteiger partial charge in [-0.1, -0.05) is 52.3 Å². The fourth-order valence-corrected chi connectivity index (χ4v) is 2.53. The molecule has 2 nitrogen and oxygen atoms in total. The molecule has 0 aromatic heterocycles. The molecule has 0 heterocycles. The first kappa shape index (κ1) is 15.1. The van der Waals surface area contributed by atoms with E-state index in [9.17, 15) is 4.79 Å². The van der Waals surface area contributed by atoms with Crippen molar-refractivity contribution in [3.63, 3.8) is 0 Å². The average Bonchev–Trinajstić information content (AvgIpc) is 2.45. The molecule has 1 N–H and O–H groups in total. The highest BCUT2D eigenvalue weighted by molar-refractivity contribution is 9.10. The van der Waals surface area contributed by atoms with Gasteiger partial charge in [0.25, 0.3) is 0 Å². The van der Waals surface area contributed by atoms with Crippen LogP contribution >= 0.6 is 27.5 Å². The number of halogens is 2. The standard InChI is InChI=1S/C16H15BrClNO/c17-15-6-2-3-12(8-15)9-16(20)19-11-14-5-1-4-13(7-14)10-18/h1-8H,9-11H2,(H,19,20). The summed E-state index contributed by atoms with van der Waals surface area (Å²) >= 11 is 9.19. The Labute approximate surface area is 132 Å². The fourth-order valence-electron chi connectivity index (χ4n) is 1.92. The van der Waals surface area contributed by atoms with Gasteiger partial charge in [-0.2, -0.15) is 0 Å². The number of nitrogens with one attached hydrogen (secondary N) is 1. The van der Waals surface area contributed by atoms with Crippen LogP contribution in [0.2, 0.25) is 0 Å². The lowest BCUT2D eigenvalue weighted by atomic mass is 10.1. The molecule has 2 aromatic rings. The Kier molecular flexibility index (Phi) is 5.62. The highest BCUT2D eigenvalue weighted by Crippen LogP contribution is 2.12. The predicted octanol–water partition coefficient (Wildman–Crippen LogP) is 4.05. The lowest BCUT2D eigenvalue weighted by Gasteiger charge is -2.07. The van der Waals surface area contributed by atoms with Crippen LogP contribution < -0.4 is 5.32 Å². The van der Waals surface area contributed by atoms with Crippen LogP contribution in [0.5, 0.6) is 0 Å². The van der Waals surface area contributed by atoms with Crippen molar-refractivity contribution < 1.29 is 4.79 Å². The molecule has 1 amide bonds. The number of alkyl halides is 1. The van der Waals surface area contributed by atoms with Gasteiger partial charge in [0.05, 0.1) is 6.42 Å². The molecule has 0 atom stereocenters. The van der Waals surface area contributed by atoms with E-state index >= 15 is 0 Å². The third-order valence-electron chi connectivity index (χ3n) is 2.89. The number of benzene rings is 2. The zero-order valence-electron chi connectivity index (χ0n) is 10.9. The van der Waals surface area contributed by atoms with Crippen molar-refractivity contribution in [1.29, 1.82) is 0 Å². The second kappa shape index (κ2) is 7.46. The van der Waals surface area contributed by atoms with E-state index in [0.29, 0.717) is 18.8 Å². The molecule has 0 saturated heterocycles. The Morgan fingerprint density at radius 2 is 1.75 bits per heavy atom. The van der Waals surface area contributed by atoms with Gasteiger partial charge in [0.15, 0.2) is 0 Å². The van der Waals surface area contributed by atoms with Crippen LogP contribution in [0, 0.1) is 0 Å². The van der Waals surface area contributed by atoms with Gasteiger partial charge in [-0.3, -0.25) is 4.79 Å². The Morgan fingerprint density at radius 1 is 1.05 bits per heavy atom. The summed E-state index contributed by atoms with van der Waals surface area (Å²) in [5.41, 5.74) is 3.11. The van der Waals surface area contributed by atoms with Gasteiger partial charge in [-0.25, -0.2) is 0 Å². The van der Waals surface area contributed by atoms with Crippen LogP contribution in [0.3, 0.4) is 0 Å². The third kappa shape index (κ3) is 4.66. The summed E-state index contributed by atoms with van der Waals surface area (Å²) in [5, 5.41) is 2.92. The van der Waals surface area contributed by atoms with Gasteiger partial charge in [0.2, 0.25) is 5.91 Å². The minimum absolute atomic E-state index is 0.0133. The molecule has 0 unspecified atom stereocenters. The minimum atomic E-state index is 0.0133. The van der Waals surface area contributed by atoms with Crippen molar-refractivity contribution in [2.45, 2.75) is 18.8 Å². The quantitative estimate of drug-likeness (QED) is 0.808. The van der Waals surface area contributed by atoms with Gasteiger partial charge in [-0.05, 0) is 28.8 Å². The molecule has 104 valence electrons. The van der Waals surface area contributed by atoms with Gasteiger partial charge >= 0.3 is 0 Å². The monoisotopic (exact) mass is 351 g/mol. The number of rotatable bonds is 5. The lowest BCUT2D eigenvalue weighted by molar-refractivity contribution is -0.120. The molecule has 0 aliphatic heterocycles. The third-order valence-corrected chi connectivity index (χ3v) is 3.69. The van der Waals surface area contributed by atoms with Gasteiger partial charge < -0.3 is 5.32 Å². The Hall–Kier alpha value is -1.32. The minimum Gasteiger partial charge on any atom is -0.352 e. The largest absolute Gasteiger partial charge is 0.352 e. The number of hydrogen-bond donors (Lipinski definition) is 1. The number of carbonyl (C=O) groups is 1. The van der Waals surface area contributed by atoms with Crippen LogP contribution in [-0.2, 0) is 23.6 Å². The summed E-state index contributed by atoms with van der Waals surface area (Å²) in [6.45, 7) is 0.525. The first-order valence-corrected chi connectivity index (χ1v) is 7.65. The highest BCUT2D eigenvalue weighted by atomic mass is 79.9. The zero-order chi connectivity index (χ0) is 14.4. The maximum atomic E-state index is 11.9. The van der Waals surface area contributed by atoms with E-state index < -0.39 is 0 Å². The summed E-state index contributed by atoms with van der Waals surface area (Å²) in [6.07, 6.45) is 0.384. The van der Waals surface area contributed by atoms with Crippen LogP contribution in [-0.4, -0.2) is 5.91 Å². The molecular formula is C16H15BrClNO. The smallest absolute Gasteiger partial charge is 0.224 e. The van der Waals surface area contributed by atoms with Crippen LogP contribution in [0.15, 0.2) is 53.0 Å². The van der Waals surface area contributed by atoms with E-state index in [1.165, 1.54) is 0 Å². The molecule has 2 rings (SSSR count). The Balaban J connectivity index is 1.88. The maximum absolute atomic E-state index is 11.9. The molecular weight excluding hydrogens is 338 g/mol. The highest BCUT2D eigenvalue weighted by Gasteiger charge is 2.04. The lowest BCUT2D eigenvalue weighted by Crippen LogP contribution is -2.24. The Morgan fingerprint density at radius 3 is 2.50 bits per heavy atom. The van der Waals surface area contributed by atoms with Crippen molar-refractivity contribution in [3.8, 4) is 0 Å². The summed E-state index contributed by atoms with van der Waals surface area (Å²) in [7, 11) is 0. The first-order chi connectivity index (χ1) is 9.67. The van der Waals surface area contributed by atoms with Gasteiger partial charge in [-0.15, -0.1) is 11.6 Å². The second-order valence-electron chi connectivity index (χ2n) is 4.54. The molecule has 0 aliphatic carbocycles. The van der Waals surface area contributed by atoms with E-state index in [-0.39, 0.29) is 5.91 Å². The summed E-state index contributed by atoms with van der Waals surface area (Å²) in [5.74, 6) is 0.499. The van der Waals surface area contributed by atoms with E-state index in [4.69, 9.17) is 11.6 Å². The van der Waals surface area contributed by atoms with Crippen molar-refractivity contribution in [3.05, 3.63) is 69.7 Å². The van der Waals surface area contributed by atoms with E-state index in [1.807, 2.05) is 48.5 Å². The molecule has 0 bridgehead atoms. The van der Waals surface area contributed by atoms with E-state index in [2.05, 4.69) is 21.2 Å². The van der Waals surface area contributed by atoms with E-state index in [0.717, 1.165) is 21.2 Å². The molecule has 0 radical (unpaired) electrons. The molecule has 20 heavy (non-hydrogen) atoms.